The van der Waals surface area contributed by atoms with E-state index in [-0.39, 0.29) is 0 Å². The van der Waals surface area contributed by atoms with Crippen molar-refractivity contribution in [3.05, 3.63) is 0 Å². The summed E-state index contributed by atoms with van der Waals surface area (Å²) in [5.41, 5.74) is 0. The highest BCUT2D eigenvalue weighted by Crippen LogP contribution is 2.26. The maximum atomic E-state index is 5.58. The van der Waals surface area contributed by atoms with Gasteiger partial charge in [-0.3, -0.25) is 4.99 Å². The lowest BCUT2D eigenvalue weighted by molar-refractivity contribution is -0.168. The molecule has 0 spiro atoms. The molecule has 0 fully saturated rings. The molecule has 13 heavy (non-hydrogen) atoms. The van der Waals surface area contributed by atoms with E-state index >= 15 is 0 Å². The molecule has 0 atom stereocenters. The van der Waals surface area contributed by atoms with Crippen molar-refractivity contribution in [2.45, 2.75) is 26.6 Å². The van der Waals surface area contributed by atoms with Crippen LogP contribution < -0.4 is 0 Å². The van der Waals surface area contributed by atoms with Crippen LogP contribution in [0.5, 0.6) is 0 Å². The summed E-state index contributed by atoms with van der Waals surface area (Å²) in [4.78, 5) is 4.37. The third kappa shape index (κ3) is 2.69. The lowest BCUT2D eigenvalue weighted by Gasteiger charge is -2.28. The second kappa shape index (κ2) is 4.98. The Kier molecular flexibility index (Phi) is 4.22. The molecule has 0 aromatic heterocycles. The van der Waals surface area contributed by atoms with E-state index in [0.717, 1.165) is 17.3 Å². The number of aliphatic imine (C=N–C) groups is 1. The molecule has 1 rings (SSSR count). The zero-order chi connectivity index (χ0) is 9.73. The summed E-state index contributed by atoms with van der Waals surface area (Å²) >= 11 is 1.73. The Balaban J connectivity index is 2.64. The Morgan fingerprint density at radius 1 is 1.38 bits per heavy atom. The van der Waals surface area contributed by atoms with E-state index in [0.29, 0.717) is 13.2 Å². The van der Waals surface area contributed by atoms with Gasteiger partial charge >= 0.3 is 0 Å². The van der Waals surface area contributed by atoms with Gasteiger partial charge in [0, 0.05) is 25.5 Å². The number of nitrogens with zero attached hydrogens (tertiary/aromatic N) is 1. The number of rotatable bonds is 5. The lowest BCUT2D eigenvalue weighted by Crippen LogP contribution is -2.39. The molecule has 0 unspecified atom stereocenters. The van der Waals surface area contributed by atoms with Crippen LogP contribution in [0.1, 0.15) is 20.8 Å². The van der Waals surface area contributed by atoms with Crippen LogP contribution in [0.4, 0.5) is 0 Å². The summed E-state index contributed by atoms with van der Waals surface area (Å²) in [6, 6.07) is 0. The third-order valence-electron chi connectivity index (χ3n) is 1.81. The molecule has 0 saturated carbocycles. The largest absolute Gasteiger partial charge is 0.345 e. The number of ether oxygens (including phenoxy) is 2. The first-order chi connectivity index (χ1) is 6.23. The molecule has 0 radical (unpaired) electrons. The van der Waals surface area contributed by atoms with E-state index in [9.17, 15) is 0 Å². The lowest BCUT2D eigenvalue weighted by atomic mass is 10.3. The topological polar surface area (TPSA) is 30.8 Å². The number of hydrogen-bond acceptors (Lipinski definition) is 4. The summed E-state index contributed by atoms with van der Waals surface area (Å²) in [7, 11) is 0. The molecule has 1 aliphatic heterocycles. The quantitative estimate of drug-likeness (QED) is 0.640. The molecular formula is C9H17NO2S. The highest BCUT2D eigenvalue weighted by molar-refractivity contribution is 8.14. The van der Waals surface area contributed by atoms with Crippen molar-refractivity contribution in [3.63, 3.8) is 0 Å². The smallest absolute Gasteiger partial charge is 0.215 e. The normalized spacial score (nSPS) is 17.6. The summed E-state index contributed by atoms with van der Waals surface area (Å²) < 4.78 is 11.2. The van der Waals surface area contributed by atoms with Gasteiger partial charge in [-0.1, -0.05) is 0 Å². The van der Waals surface area contributed by atoms with Gasteiger partial charge < -0.3 is 9.47 Å². The fraction of sp³-hybridized carbons (Fsp3) is 0.889. The maximum absolute atomic E-state index is 5.58. The molecule has 0 saturated heterocycles. The monoisotopic (exact) mass is 203 g/mol. The minimum absolute atomic E-state index is 0.606. The predicted molar refractivity (Wildman–Crippen MR) is 56.4 cm³/mol. The highest BCUT2D eigenvalue weighted by atomic mass is 32.2. The zero-order valence-electron chi connectivity index (χ0n) is 8.50. The average molecular weight is 203 g/mol. The summed E-state index contributed by atoms with van der Waals surface area (Å²) in [6.07, 6.45) is 0. The first-order valence-electron chi connectivity index (χ1n) is 4.68. The molecule has 3 nitrogen and oxygen atoms in total. The van der Waals surface area contributed by atoms with Crippen LogP contribution in [-0.2, 0) is 9.47 Å². The van der Waals surface area contributed by atoms with Crippen LogP contribution in [0.15, 0.2) is 4.99 Å². The van der Waals surface area contributed by atoms with Crippen molar-refractivity contribution in [2.24, 2.45) is 4.99 Å². The Morgan fingerprint density at radius 3 is 2.38 bits per heavy atom. The number of thioether (sulfide) groups is 1. The fourth-order valence-electron chi connectivity index (χ4n) is 1.33. The SMILES string of the molecule is CCOC(C)(OCC)C1=NCCS1. The van der Waals surface area contributed by atoms with Crippen LogP contribution in [0.25, 0.3) is 0 Å². The van der Waals surface area contributed by atoms with Crippen LogP contribution >= 0.6 is 11.8 Å². The van der Waals surface area contributed by atoms with Gasteiger partial charge in [0.1, 0.15) is 5.04 Å². The second-order valence-corrected chi connectivity index (χ2v) is 3.93. The minimum atomic E-state index is -0.606. The Morgan fingerprint density at radius 2 is 2.00 bits per heavy atom. The summed E-state index contributed by atoms with van der Waals surface area (Å²) in [6.45, 7) is 8.06. The van der Waals surface area contributed by atoms with Crippen LogP contribution in [-0.4, -0.2) is 36.3 Å². The van der Waals surface area contributed by atoms with E-state index in [1.54, 1.807) is 11.8 Å². The minimum Gasteiger partial charge on any atom is -0.345 e. The summed E-state index contributed by atoms with van der Waals surface area (Å²) in [5.74, 6) is 0.440. The molecule has 0 aliphatic carbocycles. The van der Waals surface area contributed by atoms with Crippen molar-refractivity contribution in [1.29, 1.82) is 0 Å². The molecular weight excluding hydrogens is 186 g/mol. The first-order valence-corrected chi connectivity index (χ1v) is 5.67. The molecule has 0 bridgehead atoms. The van der Waals surface area contributed by atoms with E-state index in [1.807, 2.05) is 20.8 Å². The molecule has 0 N–H and O–H groups in total. The Labute approximate surface area is 83.9 Å². The van der Waals surface area contributed by atoms with Gasteiger partial charge in [0.25, 0.3) is 0 Å². The first kappa shape index (κ1) is 11.0. The number of hydrogen-bond donors (Lipinski definition) is 0. The van der Waals surface area contributed by atoms with Gasteiger partial charge in [-0.05, 0) is 20.8 Å². The van der Waals surface area contributed by atoms with Gasteiger partial charge in [0.15, 0.2) is 0 Å². The highest BCUT2D eigenvalue weighted by Gasteiger charge is 2.33. The molecule has 76 valence electrons. The van der Waals surface area contributed by atoms with E-state index < -0.39 is 5.79 Å². The van der Waals surface area contributed by atoms with Crippen molar-refractivity contribution < 1.29 is 9.47 Å². The van der Waals surface area contributed by atoms with Crippen LogP contribution in [0.2, 0.25) is 0 Å². The standard InChI is InChI=1S/C9H17NO2S/c1-4-11-9(3,12-5-2)8-10-6-7-13-8/h4-7H2,1-3H3. The van der Waals surface area contributed by atoms with Crippen molar-refractivity contribution >= 4 is 16.8 Å². The van der Waals surface area contributed by atoms with Gasteiger partial charge in [-0.25, -0.2) is 0 Å². The van der Waals surface area contributed by atoms with Crippen molar-refractivity contribution in [1.82, 2.24) is 0 Å². The maximum Gasteiger partial charge on any atom is 0.215 e. The van der Waals surface area contributed by atoms with Crippen LogP contribution in [0, 0.1) is 0 Å². The van der Waals surface area contributed by atoms with E-state index in [1.165, 1.54) is 0 Å². The fourth-order valence-corrected chi connectivity index (χ4v) is 2.26. The molecule has 0 aromatic rings. The van der Waals surface area contributed by atoms with Gasteiger partial charge in [0.05, 0.1) is 0 Å². The average Bonchev–Trinajstić information content (AvgIpc) is 2.57. The van der Waals surface area contributed by atoms with Crippen molar-refractivity contribution in [3.8, 4) is 0 Å². The molecule has 4 heteroatoms. The molecule has 1 heterocycles. The van der Waals surface area contributed by atoms with Crippen LogP contribution in [0.3, 0.4) is 0 Å². The zero-order valence-corrected chi connectivity index (χ0v) is 9.32. The Hall–Kier alpha value is -0.0600. The molecule has 1 aliphatic rings. The predicted octanol–water partition coefficient (Wildman–Crippen LogP) is 1.92. The van der Waals surface area contributed by atoms with Gasteiger partial charge in [-0.15, -0.1) is 11.8 Å². The van der Waals surface area contributed by atoms with E-state index in [2.05, 4.69) is 4.99 Å². The van der Waals surface area contributed by atoms with E-state index in [4.69, 9.17) is 9.47 Å². The second-order valence-electron chi connectivity index (χ2n) is 2.85. The molecule has 0 amide bonds. The summed E-state index contributed by atoms with van der Waals surface area (Å²) in [5, 5.41) is 0.983. The molecule has 0 aromatic carbocycles. The van der Waals surface area contributed by atoms with Gasteiger partial charge in [-0.2, -0.15) is 0 Å². The third-order valence-corrected chi connectivity index (χ3v) is 2.97. The van der Waals surface area contributed by atoms with Crippen molar-refractivity contribution in [2.75, 3.05) is 25.5 Å². The Bertz CT molecular complexity index is 188. The van der Waals surface area contributed by atoms with Gasteiger partial charge in [0.2, 0.25) is 5.79 Å².